The zero-order chi connectivity index (χ0) is 11.5. The number of anilines is 1. The molecule has 1 aromatic rings. The molecule has 0 bridgehead atoms. The summed E-state index contributed by atoms with van der Waals surface area (Å²) in [4.78, 5) is 2.20. The Bertz CT molecular complexity index is 425. The number of rotatable bonds is 2. The highest BCUT2D eigenvalue weighted by molar-refractivity contribution is 6.30. The summed E-state index contributed by atoms with van der Waals surface area (Å²) in [6, 6.07) is 7.58. The molecule has 1 aromatic carbocycles. The molecule has 0 saturated carbocycles. The van der Waals surface area contributed by atoms with Gasteiger partial charge in [-0.2, -0.15) is 5.26 Å². The number of hydrogen-bond donors (Lipinski definition) is 1. The van der Waals surface area contributed by atoms with E-state index in [1.54, 1.807) is 12.1 Å². The van der Waals surface area contributed by atoms with E-state index in [-0.39, 0.29) is 0 Å². The first-order chi connectivity index (χ1) is 7.74. The third kappa shape index (κ3) is 2.13. The van der Waals surface area contributed by atoms with E-state index < -0.39 is 0 Å². The fraction of sp³-hybridized carbons (Fsp3) is 0.417. The van der Waals surface area contributed by atoms with Gasteiger partial charge in [0.25, 0.3) is 0 Å². The van der Waals surface area contributed by atoms with Gasteiger partial charge in [-0.3, -0.25) is 0 Å². The van der Waals surface area contributed by atoms with Gasteiger partial charge < -0.3 is 10.6 Å². The molecule has 1 unspecified atom stereocenters. The fourth-order valence-electron chi connectivity index (χ4n) is 2.10. The molecule has 84 valence electrons. The van der Waals surface area contributed by atoms with E-state index in [4.69, 9.17) is 22.6 Å². The Morgan fingerprint density at radius 1 is 1.56 bits per heavy atom. The van der Waals surface area contributed by atoms with Crippen molar-refractivity contribution in [2.45, 2.75) is 6.42 Å². The molecule has 3 nitrogen and oxygen atoms in total. The summed E-state index contributed by atoms with van der Waals surface area (Å²) in [6.07, 6.45) is 1.09. The van der Waals surface area contributed by atoms with Crippen LogP contribution >= 0.6 is 11.6 Å². The van der Waals surface area contributed by atoms with Gasteiger partial charge in [-0.05, 0) is 37.1 Å². The van der Waals surface area contributed by atoms with Gasteiger partial charge in [0.2, 0.25) is 0 Å². The second-order valence-corrected chi connectivity index (χ2v) is 4.55. The van der Waals surface area contributed by atoms with Gasteiger partial charge in [-0.25, -0.2) is 0 Å². The molecule has 0 spiro atoms. The van der Waals surface area contributed by atoms with Crippen LogP contribution in [0.4, 0.5) is 5.69 Å². The molecule has 1 heterocycles. The largest absolute Gasteiger partial charge is 0.370 e. The smallest absolute Gasteiger partial charge is 0.101 e. The van der Waals surface area contributed by atoms with Crippen molar-refractivity contribution in [2.24, 2.45) is 11.7 Å². The van der Waals surface area contributed by atoms with Gasteiger partial charge in [0.05, 0.1) is 11.3 Å². The van der Waals surface area contributed by atoms with Crippen LogP contribution in [0.1, 0.15) is 12.0 Å². The molecule has 1 atom stereocenters. The number of benzene rings is 1. The molecule has 1 aliphatic heterocycles. The van der Waals surface area contributed by atoms with Crippen molar-refractivity contribution in [1.82, 2.24) is 0 Å². The highest BCUT2D eigenvalue weighted by Gasteiger charge is 2.23. The predicted octanol–water partition coefficient (Wildman–Crippen LogP) is 2.00. The van der Waals surface area contributed by atoms with Crippen LogP contribution in [0.2, 0.25) is 5.02 Å². The molecule has 16 heavy (non-hydrogen) atoms. The summed E-state index contributed by atoms with van der Waals surface area (Å²) in [7, 11) is 0. The minimum Gasteiger partial charge on any atom is -0.370 e. The Morgan fingerprint density at radius 3 is 3.00 bits per heavy atom. The van der Waals surface area contributed by atoms with E-state index in [0.717, 1.165) is 25.2 Å². The lowest BCUT2D eigenvalue weighted by molar-refractivity contribution is 0.602. The van der Waals surface area contributed by atoms with Crippen LogP contribution in [0.3, 0.4) is 0 Å². The summed E-state index contributed by atoms with van der Waals surface area (Å²) in [5.41, 5.74) is 7.28. The molecule has 0 amide bonds. The minimum absolute atomic E-state index is 0.533. The average molecular weight is 236 g/mol. The van der Waals surface area contributed by atoms with E-state index >= 15 is 0 Å². The summed E-state index contributed by atoms with van der Waals surface area (Å²) in [5, 5.41) is 9.72. The van der Waals surface area contributed by atoms with Crippen LogP contribution < -0.4 is 10.6 Å². The van der Waals surface area contributed by atoms with E-state index in [1.165, 1.54) is 0 Å². The molecule has 1 aliphatic rings. The van der Waals surface area contributed by atoms with Gasteiger partial charge in [0, 0.05) is 18.1 Å². The topological polar surface area (TPSA) is 53.0 Å². The van der Waals surface area contributed by atoms with E-state index in [0.29, 0.717) is 23.0 Å². The van der Waals surface area contributed by atoms with Gasteiger partial charge in [-0.1, -0.05) is 11.6 Å². The molecule has 1 fully saturated rings. The molecule has 4 heteroatoms. The average Bonchev–Trinajstić information content (AvgIpc) is 2.77. The lowest BCUT2D eigenvalue weighted by atomic mass is 10.1. The van der Waals surface area contributed by atoms with E-state index in [1.807, 2.05) is 6.07 Å². The van der Waals surface area contributed by atoms with Gasteiger partial charge >= 0.3 is 0 Å². The van der Waals surface area contributed by atoms with Crippen molar-refractivity contribution in [3.05, 3.63) is 28.8 Å². The van der Waals surface area contributed by atoms with Crippen molar-refractivity contribution in [1.29, 1.82) is 5.26 Å². The Labute approximate surface area is 100 Å². The molecule has 0 radical (unpaired) electrons. The standard InChI is InChI=1S/C12H14ClN3/c13-11-2-1-10(7-15)12(5-11)16-4-3-9(6-14)8-16/h1-2,5,9H,3-4,6,8,14H2. The fourth-order valence-corrected chi connectivity index (χ4v) is 2.27. The first kappa shape index (κ1) is 11.3. The normalized spacial score (nSPS) is 19.8. The molecular weight excluding hydrogens is 222 g/mol. The number of nitrogens with zero attached hydrogens (tertiary/aromatic N) is 2. The van der Waals surface area contributed by atoms with E-state index in [9.17, 15) is 0 Å². The number of nitrogens with two attached hydrogens (primary N) is 1. The molecule has 0 aromatic heterocycles. The second kappa shape index (κ2) is 4.73. The first-order valence-corrected chi connectivity index (χ1v) is 5.77. The predicted molar refractivity (Wildman–Crippen MR) is 65.5 cm³/mol. The third-order valence-electron chi connectivity index (χ3n) is 3.04. The maximum Gasteiger partial charge on any atom is 0.101 e. The van der Waals surface area contributed by atoms with Crippen LogP contribution in [-0.4, -0.2) is 19.6 Å². The summed E-state index contributed by atoms with van der Waals surface area (Å²) >= 11 is 5.96. The van der Waals surface area contributed by atoms with Crippen molar-refractivity contribution in [3.63, 3.8) is 0 Å². The van der Waals surface area contributed by atoms with Crippen LogP contribution in [-0.2, 0) is 0 Å². The number of halogens is 1. The lowest BCUT2D eigenvalue weighted by Crippen LogP contribution is -2.23. The lowest BCUT2D eigenvalue weighted by Gasteiger charge is -2.20. The Balaban J connectivity index is 2.27. The van der Waals surface area contributed by atoms with Gasteiger partial charge in [-0.15, -0.1) is 0 Å². The Kier molecular flexibility index (Phi) is 3.33. The third-order valence-corrected chi connectivity index (χ3v) is 3.28. The van der Waals surface area contributed by atoms with Crippen LogP contribution in [0.5, 0.6) is 0 Å². The molecular formula is C12H14ClN3. The quantitative estimate of drug-likeness (QED) is 0.853. The van der Waals surface area contributed by atoms with Crippen LogP contribution in [0.15, 0.2) is 18.2 Å². The highest BCUT2D eigenvalue weighted by atomic mass is 35.5. The van der Waals surface area contributed by atoms with Crippen molar-refractivity contribution < 1.29 is 0 Å². The monoisotopic (exact) mass is 235 g/mol. The second-order valence-electron chi connectivity index (χ2n) is 4.11. The summed E-state index contributed by atoms with van der Waals surface area (Å²) in [6.45, 7) is 2.58. The van der Waals surface area contributed by atoms with Gasteiger partial charge in [0.1, 0.15) is 6.07 Å². The summed E-state index contributed by atoms with van der Waals surface area (Å²) < 4.78 is 0. The molecule has 1 saturated heterocycles. The molecule has 2 rings (SSSR count). The molecule has 2 N–H and O–H groups in total. The minimum atomic E-state index is 0.533. The SMILES string of the molecule is N#Cc1ccc(Cl)cc1N1CCC(CN)C1. The number of hydrogen-bond acceptors (Lipinski definition) is 3. The maximum absolute atomic E-state index is 9.05. The Hall–Kier alpha value is -1.24. The van der Waals surface area contributed by atoms with Crippen molar-refractivity contribution in [3.8, 4) is 6.07 Å². The van der Waals surface area contributed by atoms with E-state index in [2.05, 4.69) is 11.0 Å². The number of nitriles is 1. The zero-order valence-corrected chi connectivity index (χ0v) is 9.74. The Morgan fingerprint density at radius 2 is 2.38 bits per heavy atom. The first-order valence-electron chi connectivity index (χ1n) is 5.39. The van der Waals surface area contributed by atoms with Gasteiger partial charge in [0.15, 0.2) is 0 Å². The van der Waals surface area contributed by atoms with Crippen molar-refractivity contribution >= 4 is 17.3 Å². The van der Waals surface area contributed by atoms with Crippen molar-refractivity contribution in [2.75, 3.05) is 24.5 Å². The van der Waals surface area contributed by atoms with Crippen LogP contribution in [0, 0.1) is 17.2 Å². The summed E-state index contributed by atoms with van der Waals surface area (Å²) in [5.74, 6) is 0.533. The molecule has 0 aliphatic carbocycles. The zero-order valence-electron chi connectivity index (χ0n) is 8.99. The highest BCUT2D eigenvalue weighted by Crippen LogP contribution is 2.28. The van der Waals surface area contributed by atoms with Crippen LogP contribution in [0.25, 0.3) is 0 Å². The maximum atomic E-state index is 9.05.